The fraction of sp³-hybridized carbons (Fsp3) is 0.300. The van der Waals surface area contributed by atoms with Crippen LogP contribution in [0.4, 0.5) is 0 Å². The minimum atomic E-state index is 0.278. The summed E-state index contributed by atoms with van der Waals surface area (Å²) in [5.41, 5.74) is 0. The van der Waals surface area contributed by atoms with Gasteiger partial charge in [0, 0.05) is 11.6 Å². The van der Waals surface area contributed by atoms with E-state index in [1.165, 1.54) is 0 Å². The summed E-state index contributed by atoms with van der Waals surface area (Å²) in [6.07, 6.45) is 3.51. The number of hydrogen-bond donors (Lipinski definition) is 1. The smallest absolute Gasteiger partial charge is 0.117 e. The van der Waals surface area contributed by atoms with Crippen LogP contribution in [0.15, 0.2) is 34.4 Å². The van der Waals surface area contributed by atoms with Gasteiger partial charge in [-0.15, -0.1) is 11.3 Å². The van der Waals surface area contributed by atoms with Crippen molar-refractivity contribution >= 4 is 11.3 Å². The molecule has 0 amide bonds. The van der Waals surface area contributed by atoms with Crippen LogP contribution in [0.3, 0.4) is 0 Å². The Labute approximate surface area is 86.8 Å². The highest BCUT2D eigenvalue weighted by Gasteiger charge is 2.07. The van der Waals surface area contributed by atoms with Gasteiger partial charge in [-0.25, -0.2) is 4.98 Å². The van der Waals surface area contributed by atoms with Gasteiger partial charge in [-0.1, -0.05) is 0 Å². The lowest BCUT2D eigenvalue weighted by molar-refractivity contribution is 0.460. The predicted molar refractivity (Wildman–Crippen MR) is 56.1 cm³/mol. The Kier molecular flexibility index (Phi) is 2.96. The molecule has 2 aromatic heterocycles. The van der Waals surface area contributed by atoms with E-state index in [9.17, 15) is 0 Å². The van der Waals surface area contributed by atoms with E-state index in [-0.39, 0.29) is 6.04 Å². The SMILES string of the molecule is C[C@H](NCc1ccco1)c1nccs1. The van der Waals surface area contributed by atoms with Crippen LogP contribution >= 0.6 is 11.3 Å². The Bertz CT molecular complexity index is 355. The van der Waals surface area contributed by atoms with Crippen LogP contribution in [-0.2, 0) is 6.54 Å². The first-order valence-electron chi connectivity index (χ1n) is 4.51. The Morgan fingerprint density at radius 3 is 3.21 bits per heavy atom. The van der Waals surface area contributed by atoms with E-state index < -0.39 is 0 Å². The van der Waals surface area contributed by atoms with Crippen molar-refractivity contribution in [1.29, 1.82) is 0 Å². The van der Waals surface area contributed by atoms with Crippen LogP contribution in [-0.4, -0.2) is 4.98 Å². The summed E-state index contributed by atoms with van der Waals surface area (Å²) in [5, 5.41) is 6.44. The zero-order valence-electron chi connectivity index (χ0n) is 7.93. The molecule has 2 aromatic rings. The van der Waals surface area contributed by atoms with Crippen LogP contribution in [0, 0.1) is 0 Å². The molecule has 0 aliphatic carbocycles. The second-order valence-corrected chi connectivity index (χ2v) is 3.98. The zero-order chi connectivity index (χ0) is 9.80. The van der Waals surface area contributed by atoms with Gasteiger partial charge < -0.3 is 9.73 Å². The fourth-order valence-corrected chi connectivity index (χ4v) is 1.87. The lowest BCUT2D eigenvalue weighted by Gasteiger charge is -2.08. The summed E-state index contributed by atoms with van der Waals surface area (Å²) in [7, 11) is 0. The van der Waals surface area contributed by atoms with Gasteiger partial charge in [-0.05, 0) is 19.1 Å². The number of hydrogen-bond acceptors (Lipinski definition) is 4. The van der Waals surface area contributed by atoms with Gasteiger partial charge in [0.05, 0.1) is 18.8 Å². The fourth-order valence-electron chi connectivity index (χ4n) is 1.20. The van der Waals surface area contributed by atoms with Crippen LogP contribution in [0.2, 0.25) is 0 Å². The van der Waals surface area contributed by atoms with Crippen molar-refractivity contribution < 1.29 is 4.42 Å². The van der Waals surface area contributed by atoms with Gasteiger partial charge in [0.2, 0.25) is 0 Å². The Morgan fingerprint density at radius 2 is 2.57 bits per heavy atom. The van der Waals surface area contributed by atoms with Crippen molar-refractivity contribution in [3.8, 4) is 0 Å². The van der Waals surface area contributed by atoms with Crippen molar-refractivity contribution in [1.82, 2.24) is 10.3 Å². The summed E-state index contributed by atoms with van der Waals surface area (Å²) in [6, 6.07) is 4.13. The highest BCUT2D eigenvalue weighted by Crippen LogP contribution is 2.15. The van der Waals surface area contributed by atoms with Gasteiger partial charge in [0.15, 0.2) is 0 Å². The van der Waals surface area contributed by atoms with Gasteiger partial charge in [-0.3, -0.25) is 0 Å². The molecule has 0 aliphatic rings. The molecule has 0 fully saturated rings. The van der Waals surface area contributed by atoms with Gasteiger partial charge in [0.1, 0.15) is 10.8 Å². The molecule has 4 heteroatoms. The van der Waals surface area contributed by atoms with E-state index in [2.05, 4.69) is 17.2 Å². The summed E-state index contributed by atoms with van der Waals surface area (Å²) in [6.45, 7) is 2.84. The molecule has 74 valence electrons. The lowest BCUT2D eigenvalue weighted by Crippen LogP contribution is -2.17. The first kappa shape index (κ1) is 9.43. The summed E-state index contributed by atoms with van der Waals surface area (Å²) >= 11 is 1.66. The second-order valence-electron chi connectivity index (χ2n) is 3.05. The maximum absolute atomic E-state index is 5.22. The molecule has 0 spiro atoms. The molecular weight excluding hydrogens is 196 g/mol. The van der Waals surface area contributed by atoms with Crippen LogP contribution < -0.4 is 5.32 Å². The second kappa shape index (κ2) is 4.39. The average molecular weight is 208 g/mol. The van der Waals surface area contributed by atoms with Crippen molar-refractivity contribution in [2.24, 2.45) is 0 Å². The minimum absolute atomic E-state index is 0.278. The Balaban J connectivity index is 1.87. The number of furan rings is 1. The molecule has 0 saturated heterocycles. The molecule has 0 aromatic carbocycles. The van der Waals surface area contributed by atoms with Crippen LogP contribution in [0.1, 0.15) is 23.7 Å². The number of nitrogens with zero attached hydrogens (tertiary/aromatic N) is 1. The van der Waals surface area contributed by atoms with E-state index in [0.29, 0.717) is 0 Å². The lowest BCUT2D eigenvalue weighted by atomic mass is 10.3. The van der Waals surface area contributed by atoms with Crippen molar-refractivity contribution in [2.45, 2.75) is 19.5 Å². The quantitative estimate of drug-likeness (QED) is 0.839. The highest BCUT2D eigenvalue weighted by molar-refractivity contribution is 7.09. The van der Waals surface area contributed by atoms with Crippen LogP contribution in [0.5, 0.6) is 0 Å². The molecule has 0 radical (unpaired) electrons. The maximum Gasteiger partial charge on any atom is 0.117 e. The number of nitrogens with one attached hydrogen (secondary N) is 1. The topological polar surface area (TPSA) is 38.1 Å². The molecule has 0 saturated carbocycles. The van der Waals surface area contributed by atoms with E-state index in [1.807, 2.05) is 23.7 Å². The van der Waals surface area contributed by atoms with Crippen LogP contribution in [0.25, 0.3) is 0 Å². The number of rotatable bonds is 4. The van der Waals surface area contributed by atoms with Gasteiger partial charge in [-0.2, -0.15) is 0 Å². The van der Waals surface area contributed by atoms with Crippen molar-refractivity contribution in [3.05, 3.63) is 40.7 Å². The first-order chi connectivity index (χ1) is 6.86. The third kappa shape index (κ3) is 2.21. The summed E-state index contributed by atoms with van der Waals surface area (Å²) < 4.78 is 5.22. The molecular formula is C10H12N2OS. The molecule has 14 heavy (non-hydrogen) atoms. The monoisotopic (exact) mass is 208 g/mol. The van der Waals surface area contributed by atoms with Gasteiger partial charge >= 0.3 is 0 Å². The molecule has 2 rings (SSSR count). The molecule has 3 nitrogen and oxygen atoms in total. The highest BCUT2D eigenvalue weighted by atomic mass is 32.1. The zero-order valence-corrected chi connectivity index (χ0v) is 8.75. The predicted octanol–water partition coefficient (Wildman–Crippen LogP) is 2.59. The van der Waals surface area contributed by atoms with Crippen molar-refractivity contribution in [2.75, 3.05) is 0 Å². The minimum Gasteiger partial charge on any atom is -0.468 e. The Hall–Kier alpha value is -1.13. The summed E-state index contributed by atoms with van der Waals surface area (Å²) in [5.74, 6) is 0.952. The maximum atomic E-state index is 5.22. The third-order valence-electron chi connectivity index (χ3n) is 1.98. The molecule has 1 atom stereocenters. The summed E-state index contributed by atoms with van der Waals surface area (Å²) in [4.78, 5) is 4.24. The van der Waals surface area contributed by atoms with E-state index in [0.717, 1.165) is 17.3 Å². The largest absolute Gasteiger partial charge is 0.468 e. The third-order valence-corrected chi connectivity index (χ3v) is 2.94. The van der Waals surface area contributed by atoms with E-state index >= 15 is 0 Å². The first-order valence-corrected chi connectivity index (χ1v) is 5.39. The standard InChI is InChI=1S/C10H12N2OS/c1-8(10-11-4-6-14-10)12-7-9-3-2-5-13-9/h2-6,8,12H,7H2,1H3/t8-/m0/s1. The normalized spacial score (nSPS) is 12.9. The Morgan fingerprint density at radius 1 is 1.64 bits per heavy atom. The van der Waals surface area contributed by atoms with E-state index in [4.69, 9.17) is 4.42 Å². The molecule has 0 bridgehead atoms. The number of thiazole rings is 1. The van der Waals surface area contributed by atoms with Crippen molar-refractivity contribution in [3.63, 3.8) is 0 Å². The van der Waals surface area contributed by atoms with Gasteiger partial charge in [0.25, 0.3) is 0 Å². The molecule has 1 N–H and O–H groups in total. The average Bonchev–Trinajstić information content (AvgIpc) is 2.87. The van der Waals surface area contributed by atoms with E-state index in [1.54, 1.807) is 17.6 Å². The molecule has 0 aliphatic heterocycles. The molecule has 2 heterocycles. The molecule has 0 unspecified atom stereocenters. The number of aromatic nitrogens is 1.